The van der Waals surface area contributed by atoms with Crippen molar-refractivity contribution in [1.29, 1.82) is 0 Å². The van der Waals surface area contributed by atoms with Crippen molar-refractivity contribution in [1.82, 2.24) is 15.2 Å². The molecular weight excluding hydrogens is 282 g/mol. The molecule has 0 radical (unpaired) electrons. The maximum absolute atomic E-state index is 11.7. The van der Waals surface area contributed by atoms with E-state index < -0.39 is 0 Å². The van der Waals surface area contributed by atoms with Crippen molar-refractivity contribution in [3.05, 3.63) is 36.2 Å². The molecule has 1 aliphatic heterocycles. The molecule has 0 aliphatic carbocycles. The van der Waals surface area contributed by atoms with Gasteiger partial charge in [0, 0.05) is 31.6 Å². The summed E-state index contributed by atoms with van der Waals surface area (Å²) in [6, 6.07) is 7.55. The lowest BCUT2D eigenvalue weighted by molar-refractivity contribution is 0.168. The number of rotatable bonds is 5. The Balaban J connectivity index is 1.52. The van der Waals surface area contributed by atoms with Crippen molar-refractivity contribution in [2.45, 2.75) is 12.8 Å². The van der Waals surface area contributed by atoms with E-state index in [0.717, 1.165) is 36.5 Å². The summed E-state index contributed by atoms with van der Waals surface area (Å²) in [4.78, 5) is 17.9. The molecule has 1 fully saturated rings. The molecule has 3 rings (SSSR count). The second-order valence-corrected chi connectivity index (χ2v) is 5.20. The fraction of sp³-hybridized carbons (Fsp3) is 0.375. The molecule has 22 heavy (non-hydrogen) atoms. The minimum Gasteiger partial charge on any atom is -0.497 e. The van der Waals surface area contributed by atoms with E-state index in [2.05, 4.69) is 10.3 Å². The molecule has 0 saturated carbocycles. The topological polar surface area (TPSA) is 67.6 Å². The Morgan fingerprint density at radius 3 is 2.77 bits per heavy atom. The highest BCUT2D eigenvalue weighted by atomic mass is 16.5. The van der Waals surface area contributed by atoms with Crippen LogP contribution in [0.1, 0.15) is 12.1 Å². The van der Waals surface area contributed by atoms with Gasteiger partial charge in [-0.1, -0.05) is 0 Å². The van der Waals surface area contributed by atoms with Gasteiger partial charge in [0.15, 0.2) is 0 Å². The first-order chi connectivity index (χ1) is 10.8. The van der Waals surface area contributed by atoms with Gasteiger partial charge >= 0.3 is 6.03 Å². The molecule has 0 bridgehead atoms. The van der Waals surface area contributed by atoms with Crippen LogP contribution in [0.5, 0.6) is 5.75 Å². The number of hydrogen-bond donors (Lipinski definition) is 1. The Hall–Kier alpha value is -2.50. The predicted molar refractivity (Wildman–Crippen MR) is 81.8 cm³/mol. The molecule has 2 aromatic rings. The van der Waals surface area contributed by atoms with Gasteiger partial charge in [-0.25, -0.2) is 9.78 Å². The summed E-state index contributed by atoms with van der Waals surface area (Å²) in [5.41, 5.74) is 1.73. The molecule has 6 heteroatoms. The highest BCUT2D eigenvalue weighted by Crippen LogP contribution is 2.21. The maximum atomic E-state index is 11.7. The lowest BCUT2D eigenvalue weighted by Crippen LogP contribution is -2.48. The van der Waals surface area contributed by atoms with Crippen molar-refractivity contribution in [2.75, 3.05) is 26.7 Å². The minimum absolute atomic E-state index is 0.00474. The Kier molecular flexibility index (Phi) is 4.27. The Labute approximate surface area is 129 Å². The summed E-state index contributed by atoms with van der Waals surface area (Å²) in [6.45, 7) is 2.28. The summed E-state index contributed by atoms with van der Waals surface area (Å²) in [7, 11) is 1.63. The van der Waals surface area contributed by atoms with Gasteiger partial charge in [-0.3, -0.25) is 0 Å². The standard InChI is InChI=1S/C16H19N3O3/c1-21-14-5-3-12(4-6-14)15-18-13(11-22-15)7-8-17-16(20)19-9-2-10-19/h3-6,11H,2,7-10H2,1H3,(H,17,20). The van der Waals surface area contributed by atoms with Gasteiger partial charge in [0.2, 0.25) is 5.89 Å². The number of ether oxygens (including phenoxy) is 1. The number of carbonyl (C=O) groups excluding carboxylic acids is 1. The molecule has 0 spiro atoms. The average molecular weight is 301 g/mol. The summed E-state index contributed by atoms with van der Waals surface area (Å²) in [5.74, 6) is 1.37. The monoisotopic (exact) mass is 301 g/mol. The third-order valence-electron chi connectivity index (χ3n) is 3.69. The number of amides is 2. The van der Waals surface area contributed by atoms with E-state index in [9.17, 15) is 4.79 Å². The zero-order chi connectivity index (χ0) is 15.4. The highest BCUT2D eigenvalue weighted by molar-refractivity contribution is 5.74. The summed E-state index contributed by atoms with van der Waals surface area (Å²) in [6.07, 6.45) is 3.39. The Morgan fingerprint density at radius 2 is 2.14 bits per heavy atom. The molecule has 1 N–H and O–H groups in total. The van der Waals surface area contributed by atoms with Crippen LogP contribution in [0.2, 0.25) is 0 Å². The van der Waals surface area contributed by atoms with Crippen molar-refractivity contribution >= 4 is 6.03 Å². The fourth-order valence-corrected chi connectivity index (χ4v) is 2.22. The lowest BCUT2D eigenvalue weighted by Gasteiger charge is -2.30. The van der Waals surface area contributed by atoms with E-state index in [1.165, 1.54) is 0 Å². The van der Waals surface area contributed by atoms with Gasteiger partial charge in [0.25, 0.3) is 0 Å². The number of oxazole rings is 1. The molecule has 2 amide bonds. The number of carbonyl (C=O) groups is 1. The van der Waals surface area contributed by atoms with Crippen LogP contribution in [0.4, 0.5) is 4.79 Å². The average Bonchev–Trinajstić information content (AvgIpc) is 2.94. The van der Waals surface area contributed by atoms with E-state index in [4.69, 9.17) is 9.15 Å². The van der Waals surface area contributed by atoms with Crippen LogP contribution in [0, 0.1) is 0 Å². The lowest BCUT2D eigenvalue weighted by atomic mass is 10.2. The zero-order valence-electron chi connectivity index (χ0n) is 12.5. The van der Waals surface area contributed by atoms with Crippen LogP contribution in [0.15, 0.2) is 34.9 Å². The highest BCUT2D eigenvalue weighted by Gasteiger charge is 2.19. The van der Waals surface area contributed by atoms with Crippen molar-refractivity contribution in [3.63, 3.8) is 0 Å². The van der Waals surface area contributed by atoms with Gasteiger partial charge in [0.05, 0.1) is 12.8 Å². The number of likely N-dealkylation sites (tertiary alicyclic amines) is 1. The van der Waals surface area contributed by atoms with Crippen molar-refractivity contribution in [2.24, 2.45) is 0 Å². The Morgan fingerprint density at radius 1 is 1.36 bits per heavy atom. The van der Waals surface area contributed by atoms with Crippen LogP contribution < -0.4 is 10.1 Å². The molecule has 0 unspecified atom stereocenters. The third kappa shape index (κ3) is 3.21. The molecule has 1 aliphatic rings. The normalized spacial score (nSPS) is 13.6. The number of nitrogens with one attached hydrogen (secondary N) is 1. The van der Waals surface area contributed by atoms with E-state index in [1.54, 1.807) is 18.3 Å². The van der Waals surface area contributed by atoms with Gasteiger partial charge in [-0.2, -0.15) is 0 Å². The predicted octanol–water partition coefficient (Wildman–Crippen LogP) is 2.31. The molecule has 2 heterocycles. The van der Waals surface area contributed by atoms with Crippen LogP contribution in [-0.4, -0.2) is 42.7 Å². The quantitative estimate of drug-likeness (QED) is 0.920. The first kappa shape index (κ1) is 14.4. The van der Waals surface area contributed by atoms with Gasteiger partial charge in [-0.05, 0) is 30.7 Å². The van der Waals surface area contributed by atoms with Crippen molar-refractivity contribution < 1.29 is 13.9 Å². The Bertz CT molecular complexity index is 632. The molecule has 116 valence electrons. The number of nitrogens with zero attached hydrogens (tertiary/aromatic N) is 2. The van der Waals surface area contributed by atoms with Crippen LogP contribution in [0.25, 0.3) is 11.5 Å². The SMILES string of the molecule is COc1ccc(-c2nc(CCNC(=O)N3CCC3)co2)cc1. The van der Waals surface area contributed by atoms with Crippen LogP contribution >= 0.6 is 0 Å². The molecule has 1 aromatic carbocycles. The first-order valence-corrected chi connectivity index (χ1v) is 7.38. The number of benzene rings is 1. The second-order valence-electron chi connectivity index (χ2n) is 5.20. The molecule has 0 atom stereocenters. The van der Waals surface area contributed by atoms with Gasteiger partial charge in [-0.15, -0.1) is 0 Å². The number of hydrogen-bond acceptors (Lipinski definition) is 4. The molecule has 1 aromatic heterocycles. The van der Waals surface area contributed by atoms with Gasteiger partial charge < -0.3 is 19.4 Å². The largest absolute Gasteiger partial charge is 0.497 e. The molecule has 1 saturated heterocycles. The number of methoxy groups -OCH3 is 1. The number of aromatic nitrogens is 1. The van der Waals surface area contributed by atoms with E-state index in [-0.39, 0.29) is 6.03 Å². The van der Waals surface area contributed by atoms with Crippen LogP contribution in [-0.2, 0) is 6.42 Å². The minimum atomic E-state index is 0.00474. The zero-order valence-corrected chi connectivity index (χ0v) is 12.5. The van der Waals surface area contributed by atoms with E-state index >= 15 is 0 Å². The summed E-state index contributed by atoms with van der Waals surface area (Å²) >= 11 is 0. The maximum Gasteiger partial charge on any atom is 0.317 e. The summed E-state index contributed by atoms with van der Waals surface area (Å²) in [5, 5.41) is 2.89. The number of urea groups is 1. The smallest absolute Gasteiger partial charge is 0.317 e. The summed E-state index contributed by atoms with van der Waals surface area (Å²) < 4.78 is 10.6. The second kappa shape index (κ2) is 6.51. The molecule has 6 nitrogen and oxygen atoms in total. The van der Waals surface area contributed by atoms with E-state index in [0.29, 0.717) is 18.9 Å². The molecular formula is C16H19N3O3. The van der Waals surface area contributed by atoms with Gasteiger partial charge in [0.1, 0.15) is 12.0 Å². The van der Waals surface area contributed by atoms with Crippen LogP contribution in [0.3, 0.4) is 0 Å². The third-order valence-corrected chi connectivity index (χ3v) is 3.69. The fourth-order valence-electron chi connectivity index (χ4n) is 2.22. The first-order valence-electron chi connectivity index (χ1n) is 7.38. The van der Waals surface area contributed by atoms with Crippen molar-refractivity contribution in [3.8, 4) is 17.2 Å². The van der Waals surface area contributed by atoms with E-state index in [1.807, 2.05) is 24.3 Å².